The molecule has 1 aliphatic heterocycles. The third kappa shape index (κ3) is 6.41. The first-order valence-electron chi connectivity index (χ1n) is 11.8. The Morgan fingerprint density at radius 2 is 1.63 bits per heavy atom. The number of carbonyl (C=O) groups is 2. The number of hydrogen-bond donors (Lipinski definition) is 2. The van der Waals surface area contributed by atoms with Gasteiger partial charge in [0.1, 0.15) is 0 Å². The van der Waals surface area contributed by atoms with Crippen LogP contribution >= 0.6 is 11.6 Å². The Hall–Kier alpha value is -3.35. The van der Waals surface area contributed by atoms with Crippen LogP contribution in [-0.2, 0) is 4.79 Å². The number of nitrogens with zero attached hydrogens (tertiary/aromatic N) is 2. The van der Waals surface area contributed by atoms with E-state index in [1.54, 1.807) is 24.3 Å². The molecule has 2 N–H and O–H groups in total. The molecule has 0 radical (unpaired) electrons. The highest BCUT2D eigenvalue weighted by Gasteiger charge is 2.21. The Labute approximate surface area is 211 Å². The third-order valence-electron chi connectivity index (χ3n) is 6.37. The van der Waals surface area contributed by atoms with Gasteiger partial charge in [0.15, 0.2) is 0 Å². The Balaban J connectivity index is 1.45. The van der Waals surface area contributed by atoms with Crippen molar-refractivity contribution in [2.45, 2.75) is 19.4 Å². The fourth-order valence-corrected chi connectivity index (χ4v) is 4.48. The molecule has 3 aromatic rings. The second kappa shape index (κ2) is 11.4. The molecule has 1 atom stereocenters. The van der Waals surface area contributed by atoms with E-state index in [2.05, 4.69) is 39.6 Å². The van der Waals surface area contributed by atoms with Crippen molar-refractivity contribution in [2.24, 2.45) is 0 Å². The topological polar surface area (TPSA) is 64.7 Å². The fourth-order valence-electron chi connectivity index (χ4n) is 4.25. The molecule has 4 rings (SSSR count). The van der Waals surface area contributed by atoms with Gasteiger partial charge in [-0.15, -0.1) is 0 Å². The number of aryl methyl sites for hydroxylation is 1. The van der Waals surface area contributed by atoms with Gasteiger partial charge in [0.2, 0.25) is 5.91 Å². The van der Waals surface area contributed by atoms with Gasteiger partial charge >= 0.3 is 0 Å². The minimum atomic E-state index is -0.495. The highest BCUT2D eigenvalue weighted by Crippen LogP contribution is 2.25. The number of rotatable bonds is 7. The number of hydrogen-bond acceptors (Lipinski definition) is 4. The molecule has 0 aromatic heterocycles. The van der Waals surface area contributed by atoms with Gasteiger partial charge in [-0.3, -0.25) is 9.59 Å². The van der Waals surface area contributed by atoms with E-state index in [1.807, 2.05) is 43.3 Å². The number of nitrogens with one attached hydrogen (secondary N) is 2. The van der Waals surface area contributed by atoms with E-state index in [0.29, 0.717) is 10.6 Å². The summed E-state index contributed by atoms with van der Waals surface area (Å²) in [7, 11) is 2.14. The minimum absolute atomic E-state index is 0.0971. The molecule has 1 heterocycles. The molecular formula is C28H31ClN4O2. The molecule has 1 saturated heterocycles. The van der Waals surface area contributed by atoms with Crippen molar-refractivity contribution in [3.8, 4) is 0 Å². The molecule has 7 heteroatoms. The summed E-state index contributed by atoms with van der Waals surface area (Å²) in [6.07, 6.45) is 0.0971. The Kier molecular flexibility index (Phi) is 8.06. The van der Waals surface area contributed by atoms with Gasteiger partial charge in [-0.2, -0.15) is 0 Å². The van der Waals surface area contributed by atoms with Gasteiger partial charge in [0.05, 0.1) is 23.0 Å². The van der Waals surface area contributed by atoms with E-state index in [0.717, 1.165) is 43.0 Å². The van der Waals surface area contributed by atoms with Crippen molar-refractivity contribution in [3.63, 3.8) is 0 Å². The maximum absolute atomic E-state index is 13.1. The van der Waals surface area contributed by atoms with Crippen molar-refractivity contribution >= 4 is 34.8 Å². The Morgan fingerprint density at radius 1 is 0.943 bits per heavy atom. The number of likely N-dealkylation sites (N-methyl/N-ethyl adjacent to an activating group) is 1. The first-order chi connectivity index (χ1) is 16.9. The molecule has 35 heavy (non-hydrogen) atoms. The van der Waals surface area contributed by atoms with Crippen LogP contribution in [-0.4, -0.2) is 49.9 Å². The quantitative estimate of drug-likeness (QED) is 0.494. The summed E-state index contributed by atoms with van der Waals surface area (Å²) in [6, 6.07) is 22.0. The van der Waals surface area contributed by atoms with Gasteiger partial charge in [-0.1, -0.05) is 54.1 Å². The Morgan fingerprint density at radius 3 is 2.31 bits per heavy atom. The van der Waals surface area contributed by atoms with E-state index >= 15 is 0 Å². The lowest BCUT2D eigenvalue weighted by atomic mass is 10.0. The maximum Gasteiger partial charge on any atom is 0.253 e. The second-order valence-corrected chi connectivity index (χ2v) is 9.37. The molecule has 1 aliphatic rings. The number of piperazine rings is 1. The zero-order chi connectivity index (χ0) is 24.8. The molecule has 0 aliphatic carbocycles. The van der Waals surface area contributed by atoms with Crippen LogP contribution in [0.15, 0.2) is 72.8 Å². The molecule has 3 aromatic carbocycles. The molecule has 1 unspecified atom stereocenters. The molecule has 0 saturated carbocycles. The summed E-state index contributed by atoms with van der Waals surface area (Å²) < 4.78 is 0. The van der Waals surface area contributed by atoms with E-state index in [4.69, 9.17) is 11.6 Å². The molecule has 1 fully saturated rings. The number of halogens is 1. The van der Waals surface area contributed by atoms with Gasteiger partial charge < -0.3 is 20.4 Å². The van der Waals surface area contributed by atoms with Gasteiger partial charge in [0.25, 0.3) is 5.91 Å². The monoisotopic (exact) mass is 490 g/mol. The lowest BCUT2D eigenvalue weighted by Gasteiger charge is -2.34. The smallest absolute Gasteiger partial charge is 0.253 e. The van der Waals surface area contributed by atoms with Crippen molar-refractivity contribution in [3.05, 3.63) is 94.5 Å². The average Bonchev–Trinajstić information content (AvgIpc) is 2.86. The molecule has 0 spiro atoms. The summed E-state index contributed by atoms with van der Waals surface area (Å²) in [6.45, 7) is 6.07. The van der Waals surface area contributed by atoms with Crippen LogP contribution in [0.3, 0.4) is 0 Å². The largest absolute Gasteiger partial charge is 0.369 e. The summed E-state index contributed by atoms with van der Waals surface area (Å²) in [4.78, 5) is 30.7. The van der Waals surface area contributed by atoms with Crippen LogP contribution in [0.2, 0.25) is 5.02 Å². The van der Waals surface area contributed by atoms with Crippen LogP contribution in [0.4, 0.5) is 11.4 Å². The van der Waals surface area contributed by atoms with Crippen LogP contribution in [0, 0.1) is 6.92 Å². The van der Waals surface area contributed by atoms with Gasteiger partial charge in [-0.25, -0.2) is 0 Å². The fraction of sp³-hybridized carbons (Fsp3) is 0.286. The lowest BCUT2D eigenvalue weighted by molar-refractivity contribution is -0.116. The van der Waals surface area contributed by atoms with E-state index in [1.165, 1.54) is 5.69 Å². The predicted octanol–water partition coefficient (Wildman–Crippen LogP) is 4.90. The zero-order valence-corrected chi connectivity index (χ0v) is 20.9. The zero-order valence-electron chi connectivity index (χ0n) is 20.1. The van der Waals surface area contributed by atoms with Crippen LogP contribution in [0.1, 0.15) is 33.9 Å². The number of anilines is 2. The van der Waals surface area contributed by atoms with Crippen molar-refractivity contribution in [1.82, 2.24) is 10.2 Å². The summed E-state index contributed by atoms with van der Waals surface area (Å²) in [5, 5.41) is 6.38. The second-order valence-electron chi connectivity index (χ2n) is 8.96. The van der Waals surface area contributed by atoms with Crippen molar-refractivity contribution in [2.75, 3.05) is 43.4 Å². The molecular weight excluding hydrogens is 460 g/mol. The summed E-state index contributed by atoms with van der Waals surface area (Å²) >= 11 is 6.21. The van der Waals surface area contributed by atoms with Crippen molar-refractivity contribution < 1.29 is 9.59 Å². The lowest BCUT2D eigenvalue weighted by Crippen LogP contribution is -2.44. The molecule has 6 nitrogen and oxygen atoms in total. The van der Waals surface area contributed by atoms with Crippen LogP contribution < -0.4 is 15.5 Å². The standard InChI is InChI=1S/C28H31ClN4O2/c1-20-18-22(33-16-14-32(2)15-17-33)12-13-25(20)30-27(34)19-26(21-8-4-3-5-9-21)31-28(35)23-10-6-7-11-24(23)29/h3-13,18,26H,14-17,19H2,1-2H3,(H,30,34)(H,31,35). The SMILES string of the molecule is Cc1cc(N2CCN(C)CC2)ccc1NC(=O)CC(NC(=O)c1ccccc1Cl)c1ccccc1. The highest BCUT2D eigenvalue weighted by atomic mass is 35.5. The predicted molar refractivity (Wildman–Crippen MR) is 142 cm³/mol. The van der Waals surface area contributed by atoms with E-state index in [-0.39, 0.29) is 18.2 Å². The van der Waals surface area contributed by atoms with Crippen molar-refractivity contribution in [1.29, 1.82) is 0 Å². The molecule has 182 valence electrons. The number of carbonyl (C=O) groups excluding carboxylic acids is 2. The van der Waals surface area contributed by atoms with Crippen LogP contribution in [0.25, 0.3) is 0 Å². The van der Waals surface area contributed by atoms with E-state index in [9.17, 15) is 9.59 Å². The Bertz CT molecular complexity index is 1180. The summed E-state index contributed by atoms with van der Waals surface area (Å²) in [5.74, 6) is -0.487. The number of amides is 2. The average molecular weight is 491 g/mol. The van der Waals surface area contributed by atoms with Gasteiger partial charge in [-0.05, 0) is 55.4 Å². The first kappa shape index (κ1) is 24.8. The van der Waals surface area contributed by atoms with E-state index < -0.39 is 6.04 Å². The first-order valence-corrected chi connectivity index (χ1v) is 12.2. The molecule has 0 bridgehead atoms. The third-order valence-corrected chi connectivity index (χ3v) is 6.70. The van der Waals surface area contributed by atoms with Crippen LogP contribution in [0.5, 0.6) is 0 Å². The van der Waals surface area contributed by atoms with Gasteiger partial charge in [0, 0.05) is 37.6 Å². The normalized spacial score (nSPS) is 14.9. The molecule has 2 amide bonds. The summed E-state index contributed by atoms with van der Waals surface area (Å²) in [5.41, 5.74) is 4.18. The minimum Gasteiger partial charge on any atom is -0.369 e. The highest BCUT2D eigenvalue weighted by molar-refractivity contribution is 6.33. The maximum atomic E-state index is 13.1. The number of benzene rings is 3.